The molecule has 0 spiro atoms. The molecule has 0 saturated heterocycles. The zero-order valence-electron chi connectivity index (χ0n) is 19.6. The maximum absolute atomic E-state index is 3.51. The lowest BCUT2D eigenvalue weighted by Crippen LogP contribution is -1.77. The van der Waals surface area contributed by atoms with Crippen molar-refractivity contribution in [2.24, 2.45) is 5.92 Å². The summed E-state index contributed by atoms with van der Waals surface area (Å²) in [6, 6.07) is 0. The highest BCUT2D eigenvalue weighted by Crippen LogP contribution is 1.93. The Morgan fingerprint density at radius 2 is 0.923 bits per heavy atom. The highest BCUT2D eigenvalue weighted by atomic mass is 13.9. The van der Waals surface area contributed by atoms with E-state index in [9.17, 15) is 0 Å². The van der Waals surface area contributed by atoms with Crippen LogP contribution in [-0.2, 0) is 0 Å². The fourth-order valence-electron chi connectivity index (χ4n) is 0.422. The summed E-state index contributed by atoms with van der Waals surface area (Å²) in [4.78, 5) is 0. The summed E-state index contributed by atoms with van der Waals surface area (Å²) in [5.74, 6) is 0.884. The van der Waals surface area contributed by atoms with Crippen LogP contribution in [0, 0.1) is 5.92 Å². The zero-order chi connectivity index (χ0) is 22.1. The van der Waals surface area contributed by atoms with Gasteiger partial charge in [0.05, 0.1) is 0 Å². The second-order valence-corrected chi connectivity index (χ2v) is 4.50. The molecule has 0 unspecified atom stereocenters. The van der Waals surface area contributed by atoms with Gasteiger partial charge in [0.15, 0.2) is 0 Å². The molecule has 0 heteroatoms. The number of hydrogen-bond acceptors (Lipinski definition) is 0. The molecule has 0 atom stereocenters. The van der Waals surface area contributed by atoms with E-state index in [1.165, 1.54) is 6.42 Å². The van der Waals surface area contributed by atoms with Gasteiger partial charge in [-0.15, -0.1) is 6.58 Å². The molecule has 26 heavy (non-hydrogen) atoms. The Balaban J connectivity index is -0.0000000495. The zero-order valence-corrected chi connectivity index (χ0v) is 19.6. The van der Waals surface area contributed by atoms with E-state index >= 15 is 0 Å². The van der Waals surface area contributed by atoms with Crippen LogP contribution in [0.2, 0.25) is 0 Å². The fraction of sp³-hybridized carbons (Fsp3) is 0.462. The van der Waals surface area contributed by atoms with Gasteiger partial charge < -0.3 is 0 Å². The van der Waals surface area contributed by atoms with Crippen molar-refractivity contribution < 1.29 is 0 Å². The molecule has 0 rings (SSSR count). The number of rotatable bonds is 6. The highest BCUT2D eigenvalue weighted by molar-refractivity contribution is 5.12. The van der Waals surface area contributed by atoms with E-state index < -0.39 is 0 Å². The van der Waals surface area contributed by atoms with E-state index in [1.54, 1.807) is 18.2 Å². The Kier molecular flexibility index (Phi) is 99.2. The molecule has 0 aromatic rings. The Labute approximate surface area is 168 Å². The molecule has 0 aromatic heterocycles. The summed E-state index contributed by atoms with van der Waals surface area (Å²) in [5, 5.41) is 0. The van der Waals surface area contributed by atoms with E-state index in [1.807, 2.05) is 77.2 Å². The van der Waals surface area contributed by atoms with Crippen molar-refractivity contribution in [3.8, 4) is 0 Å². The Bertz CT molecular complexity index is 282. The van der Waals surface area contributed by atoms with Crippen LogP contribution < -0.4 is 0 Å². The van der Waals surface area contributed by atoms with E-state index in [-0.39, 0.29) is 0 Å². The molecule has 0 fully saturated rings. The largest absolute Gasteiger partial charge is 0.103 e. The monoisotopic (exact) mass is 362 g/mol. The van der Waals surface area contributed by atoms with Crippen LogP contribution in [0.15, 0.2) is 87.1 Å². The second kappa shape index (κ2) is 65.6. The smallest absolute Gasteiger partial charge is 0.0382 e. The molecule has 154 valence electrons. The van der Waals surface area contributed by atoms with Crippen LogP contribution in [-0.4, -0.2) is 0 Å². The number of hydrogen-bond donors (Lipinski definition) is 0. The molecule has 0 amide bonds. The van der Waals surface area contributed by atoms with Crippen LogP contribution in [0.4, 0.5) is 0 Å². The molecule has 0 saturated carbocycles. The van der Waals surface area contributed by atoms with Gasteiger partial charge >= 0.3 is 0 Å². The molecule has 0 bridgehead atoms. The lowest BCUT2D eigenvalue weighted by molar-refractivity contribution is 0.626. The predicted molar refractivity (Wildman–Crippen MR) is 132 cm³/mol. The maximum atomic E-state index is 3.51. The molecule has 0 aliphatic rings. The normalized spacial score (nSPS) is 8.23. The highest BCUT2D eigenvalue weighted by Gasteiger charge is 1.80. The van der Waals surface area contributed by atoms with Crippen molar-refractivity contribution >= 4 is 0 Å². The van der Waals surface area contributed by atoms with Crippen LogP contribution in [0.5, 0.6) is 0 Å². The van der Waals surface area contributed by atoms with Gasteiger partial charge in [0.2, 0.25) is 0 Å². The Morgan fingerprint density at radius 3 is 1.00 bits per heavy atom. The SMILES string of the molecule is C=C/C=C\C.C=C/C=C\C=C/C=C.C=CCC.CC.CC.CCC(C)C. The van der Waals surface area contributed by atoms with Gasteiger partial charge in [-0.05, 0) is 19.3 Å². The minimum atomic E-state index is 0.884. The molecule has 0 aliphatic heterocycles. The maximum Gasteiger partial charge on any atom is -0.0382 e. The van der Waals surface area contributed by atoms with E-state index in [4.69, 9.17) is 0 Å². The fourth-order valence-corrected chi connectivity index (χ4v) is 0.422. The average Bonchev–Trinajstić information content (AvgIpc) is 2.70. The standard InChI is InChI=1S/C8H10.C5H12.C5H8.C4H8.2C2H6/c1-3-5-7-8-6-4-2;1-4-5(2)3;1-3-5-4-2;1-3-4-2;2*1-2/h3-8H,1-2H2;5H,4H2,1-3H3;3-5H,1H2,2H3;3H,1,4H2,2H3;2*1-2H3/b7-5-,8-6-;;5-4-;;;. The molecule has 0 heterocycles. The van der Waals surface area contributed by atoms with Gasteiger partial charge in [-0.2, -0.15) is 0 Å². The third-order valence-corrected chi connectivity index (χ3v) is 2.04. The molecule has 0 N–H and O–H groups in total. The third kappa shape index (κ3) is 149. The third-order valence-electron chi connectivity index (χ3n) is 2.04. The van der Waals surface area contributed by atoms with Crippen molar-refractivity contribution in [3.05, 3.63) is 87.1 Å². The van der Waals surface area contributed by atoms with Crippen molar-refractivity contribution in [1.29, 1.82) is 0 Å². The molecule has 0 aromatic carbocycles. The van der Waals surface area contributed by atoms with Crippen molar-refractivity contribution in [1.82, 2.24) is 0 Å². The first kappa shape index (κ1) is 39.3. The van der Waals surface area contributed by atoms with Crippen LogP contribution >= 0.6 is 0 Å². The lowest BCUT2D eigenvalue weighted by Gasteiger charge is -1.90. The summed E-state index contributed by atoms with van der Waals surface area (Å²) in [6.07, 6.45) is 20.8. The molecule has 0 radical (unpaired) electrons. The average molecular weight is 363 g/mol. The van der Waals surface area contributed by atoms with Crippen molar-refractivity contribution in [3.63, 3.8) is 0 Å². The first-order chi connectivity index (χ1) is 12.5. The minimum absolute atomic E-state index is 0.884. The van der Waals surface area contributed by atoms with Gasteiger partial charge in [-0.25, -0.2) is 0 Å². The van der Waals surface area contributed by atoms with E-state index in [0.29, 0.717) is 0 Å². The summed E-state index contributed by atoms with van der Waals surface area (Å²) >= 11 is 0. The van der Waals surface area contributed by atoms with Gasteiger partial charge in [-0.3, -0.25) is 0 Å². The van der Waals surface area contributed by atoms with Crippen molar-refractivity contribution in [2.45, 2.75) is 75.2 Å². The first-order valence-corrected chi connectivity index (χ1v) is 9.93. The summed E-state index contributed by atoms with van der Waals surface area (Å²) in [7, 11) is 0. The molecule has 0 aliphatic carbocycles. The predicted octanol–water partition coefficient (Wildman–Crippen LogP) is 9.91. The summed E-state index contributed by atoms with van der Waals surface area (Å²) in [6.45, 7) is 32.6. The molecule has 0 nitrogen and oxygen atoms in total. The second-order valence-electron chi connectivity index (χ2n) is 4.50. The van der Waals surface area contributed by atoms with Crippen LogP contribution in [0.3, 0.4) is 0 Å². The van der Waals surface area contributed by atoms with E-state index in [0.717, 1.165) is 12.3 Å². The van der Waals surface area contributed by atoms with Gasteiger partial charge in [-0.1, -0.05) is 142 Å². The Morgan fingerprint density at radius 1 is 0.654 bits per heavy atom. The molecular formula is C26H50. The van der Waals surface area contributed by atoms with Crippen molar-refractivity contribution in [2.75, 3.05) is 0 Å². The molecular weight excluding hydrogens is 312 g/mol. The van der Waals surface area contributed by atoms with Crippen LogP contribution in [0.25, 0.3) is 0 Å². The first-order valence-electron chi connectivity index (χ1n) is 9.93. The summed E-state index contributed by atoms with van der Waals surface area (Å²) in [5.41, 5.74) is 0. The van der Waals surface area contributed by atoms with Gasteiger partial charge in [0.1, 0.15) is 0 Å². The summed E-state index contributed by atoms with van der Waals surface area (Å²) < 4.78 is 0. The minimum Gasteiger partial charge on any atom is -0.103 e. The number of allylic oxidation sites excluding steroid dienone is 10. The van der Waals surface area contributed by atoms with Gasteiger partial charge in [0, 0.05) is 0 Å². The van der Waals surface area contributed by atoms with E-state index in [2.05, 4.69) is 54.0 Å². The lowest BCUT2D eigenvalue weighted by atomic mass is 10.2. The Hall–Kier alpha value is -1.82. The topological polar surface area (TPSA) is 0 Å². The quantitative estimate of drug-likeness (QED) is 0.325. The van der Waals surface area contributed by atoms with Gasteiger partial charge in [0.25, 0.3) is 0 Å². The van der Waals surface area contributed by atoms with Crippen LogP contribution in [0.1, 0.15) is 75.2 Å².